The van der Waals surface area contributed by atoms with Gasteiger partial charge in [0.1, 0.15) is 11.8 Å². The SMILES string of the molecule is Cc1cc(-c2ccc3nc(NC(=O)C4CC4F)cn3c2)sn1. The van der Waals surface area contributed by atoms with Crippen LogP contribution in [0.2, 0.25) is 0 Å². The number of aromatic nitrogens is 3. The van der Waals surface area contributed by atoms with Crippen LogP contribution in [0.5, 0.6) is 0 Å². The molecule has 1 amide bonds. The first-order chi connectivity index (χ1) is 10.6. The van der Waals surface area contributed by atoms with Crippen molar-refractivity contribution in [3.05, 3.63) is 36.3 Å². The van der Waals surface area contributed by atoms with E-state index in [9.17, 15) is 9.18 Å². The maximum absolute atomic E-state index is 12.9. The molecule has 4 rings (SSSR count). The van der Waals surface area contributed by atoms with Gasteiger partial charge in [-0.2, -0.15) is 4.37 Å². The van der Waals surface area contributed by atoms with Gasteiger partial charge in [0.15, 0.2) is 5.82 Å². The van der Waals surface area contributed by atoms with E-state index in [0.717, 1.165) is 21.8 Å². The van der Waals surface area contributed by atoms with Crippen LogP contribution >= 0.6 is 11.5 Å². The maximum atomic E-state index is 12.9. The highest BCUT2D eigenvalue weighted by molar-refractivity contribution is 7.09. The van der Waals surface area contributed by atoms with Crippen LogP contribution in [0.4, 0.5) is 10.2 Å². The lowest BCUT2D eigenvalue weighted by molar-refractivity contribution is -0.117. The average molecular weight is 316 g/mol. The number of carbonyl (C=O) groups excluding carboxylic acids is 1. The van der Waals surface area contributed by atoms with E-state index in [4.69, 9.17) is 0 Å². The number of halogens is 1. The zero-order valence-corrected chi connectivity index (χ0v) is 12.6. The standard InChI is InChI=1S/C15H13FN4OS/c1-8-4-12(22-19-8)9-2-3-14-17-13(7-20(14)6-9)18-15(21)10-5-11(10)16/h2-4,6-7,10-11H,5H2,1H3,(H,18,21). The third-order valence-electron chi connectivity index (χ3n) is 3.66. The lowest BCUT2D eigenvalue weighted by Crippen LogP contribution is -2.15. The number of hydrogen-bond acceptors (Lipinski definition) is 4. The van der Waals surface area contributed by atoms with Gasteiger partial charge < -0.3 is 9.72 Å². The Morgan fingerprint density at radius 2 is 2.27 bits per heavy atom. The van der Waals surface area contributed by atoms with Crippen LogP contribution in [-0.2, 0) is 4.79 Å². The van der Waals surface area contributed by atoms with E-state index < -0.39 is 12.1 Å². The van der Waals surface area contributed by atoms with Gasteiger partial charge in [-0.1, -0.05) is 0 Å². The number of pyridine rings is 1. The van der Waals surface area contributed by atoms with E-state index >= 15 is 0 Å². The smallest absolute Gasteiger partial charge is 0.231 e. The fourth-order valence-corrected chi connectivity index (χ4v) is 3.10. The van der Waals surface area contributed by atoms with E-state index in [1.807, 2.05) is 35.7 Å². The Kier molecular flexibility index (Phi) is 2.97. The van der Waals surface area contributed by atoms with Crippen LogP contribution in [0.1, 0.15) is 12.1 Å². The molecule has 0 bridgehead atoms. The third kappa shape index (κ3) is 2.37. The number of fused-ring (bicyclic) bond motifs is 1. The van der Waals surface area contributed by atoms with Crippen molar-refractivity contribution in [3.63, 3.8) is 0 Å². The molecule has 22 heavy (non-hydrogen) atoms. The summed E-state index contributed by atoms with van der Waals surface area (Å²) in [6.45, 7) is 1.96. The summed E-state index contributed by atoms with van der Waals surface area (Å²) in [5.74, 6) is -0.364. The first-order valence-electron chi connectivity index (χ1n) is 6.97. The number of hydrogen-bond donors (Lipinski definition) is 1. The minimum Gasteiger partial charge on any atom is -0.309 e. The molecule has 2 atom stereocenters. The predicted molar refractivity (Wildman–Crippen MR) is 82.7 cm³/mol. The number of nitrogens with zero attached hydrogens (tertiary/aromatic N) is 3. The number of carbonyl (C=O) groups is 1. The van der Waals surface area contributed by atoms with Crippen molar-refractivity contribution >= 4 is 28.9 Å². The van der Waals surface area contributed by atoms with Crippen LogP contribution in [0.15, 0.2) is 30.6 Å². The Hall–Kier alpha value is -2.28. The van der Waals surface area contributed by atoms with E-state index in [0.29, 0.717) is 12.2 Å². The predicted octanol–water partition coefficient (Wildman–Crippen LogP) is 3.06. The Balaban J connectivity index is 1.62. The lowest BCUT2D eigenvalue weighted by Gasteiger charge is -1.98. The second-order valence-corrected chi connectivity index (χ2v) is 6.29. The molecule has 7 heteroatoms. The van der Waals surface area contributed by atoms with Gasteiger partial charge in [-0.15, -0.1) is 0 Å². The van der Waals surface area contributed by atoms with Crippen molar-refractivity contribution in [2.24, 2.45) is 5.92 Å². The average Bonchev–Trinajstić information content (AvgIpc) is 2.90. The van der Waals surface area contributed by atoms with Gasteiger partial charge in [-0.05, 0) is 43.1 Å². The topological polar surface area (TPSA) is 59.3 Å². The van der Waals surface area contributed by atoms with Crippen molar-refractivity contribution in [3.8, 4) is 10.4 Å². The monoisotopic (exact) mass is 316 g/mol. The fourth-order valence-electron chi connectivity index (χ4n) is 2.35. The Morgan fingerprint density at radius 1 is 1.45 bits per heavy atom. The van der Waals surface area contributed by atoms with Gasteiger partial charge in [0.2, 0.25) is 5.91 Å². The van der Waals surface area contributed by atoms with Gasteiger partial charge in [0.25, 0.3) is 0 Å². The van der Waals surface area contributed by atoms with E-state index in [1.54, 1.807) is 6.20 Å². The molecule has 1 saturated carbocycles. The second kappa shape index (κ2) is 4.88. The van der Waals surface area contributed by atoms with Crippen LogP contribution in [0.25, 0.3) is 16.1 Å². The van der Waals surface area contributed by atoms with Crippen molar-refractivity contribution in [2.45, 2.75) is 19.5 Å². The summed E-state index contributed by atoms with van der Waals surface area (Å²) in [4.78, 5) is 17.2. The lowest BCUT2D eigenvalue weighted by atomic mass is 10.2. The molecule has 5 nitrogen and oxygen atoms in total. The van der Waals surface area contributed by atoms with Crippen molar-refractivity contribution in [2.75, 3.05) is 5.32 Å². The van der Waals surface area contributed by atoms with Gasteiger partial charge in [-0.25, -0.2) is 9.37 Å². The Bertz CT molecular complexity index is 871. The summed E-state index contributed by atoms with van der Waals surface area (Å²) in [6.07, 6.45) is 2.99. The van der Waals surface area contributed by atoms with Crippen molar-refractivity contribution in [1.82, 2.24) is 13.8 Å². The summed E-state index contributed by atoms with van der Waals surface area (Å²) >= 11 is 1.45. The number of amides is 1. The minimum absolute atomic E-state index is 0.297. The van der Waals surface area contributed by atoms with Crippen molar-refractivity contribution < 1.29 is 9.18 Å². The first-order valence-corrected chi connectivity index (χ1v) is 7.75. The third-order valence-corrected chi connectivity index (χ3v) is 4.59. The molecule has 0 saturated heterocycles. The molecule has 3 heterocycles. The number of rotatable bonds is 3. The highest BCUT2D eigenvalue weighted by Crippen LogP contribution is 2.34. The van der Waals surface area contributed by atoms with E-state index in [1.165, 1.54) is 11.5 Å². The fraction of sp³-hybridized carbons (Fsp3) is 0.267. The molecule has 3 aromatic rings. The summed E-state index contributed by atoms with van der Waals surface area (Å²) in [5, 5.41) is 2.67. The second-order valence-electron chi connectivity index (χ2n) is 5.49. The molecule has 3 aromatic heterocycles. The molecule has 1 fully saturated rings. The Labute approximate surface area is 130 Å². The van der Waals surface area contributed by atoms with Crippen LogP contribution in [-0.4, -0.2) is 25.8 Å². The molecule has 1 aliphatic carbocycles. The van der Waals surface area contributed by atoms with Gasteiger partial charge in [0.05, 0.1) is 22.7 Å². The molecular weight excluding hydrogens is 303 g/mol. The number of anilines is 1. The summed E-state index contributed by atoms with van der Waals surface area (Å²) in [7, 11) is 0. The van der Waals surface area contributed by atoms with Crippen LogP contribution in [0.3, 0.4) is 0 Å². The zero-order chi connectivity index (χ0) is 15.3. The van der Waals surface area contributed by atoms with Gasteiger partial charge in [-0.3, -0.25) is 4.79 Å². The number of nitrogens with one attached hydrogen (secondary N) is 1. The molecular formula is C15H13FN4OS. The molecule has 0 aromatic carbocycles. The molecule has 0 spiro atoms. The van der Waals surface area contributed by atoms with E-state index in [2.05, 4.69) is 14.7 Å². The molecule has 0 aliphatic heterocycles. The number of alkyl halides is 1. The van der Waals surface area contributed by atoms with Crippen LogP contribution in [0, 0.1) is 12.8 Å². The van der Waals surface area contributed by atoms with Gasteiger partial charge >= 0.3 is 0 Å². The largest absolute Gasteiger partial charge is 0.309 e. The Morgan fingerprint density at radius 3 is 2.95 bits per heavy atom. The van der Waals surface area contributed by atoms with Gasteiger partial charge in [0, 0.05) is 11.8 Å². The highest BCUT2D eigenvalue weighted by Gasteiger charge is 2.43. The maximum Gasteiger partial charge on any atom is 0.231 e. The summed E-state index contributed by atoms with van der Waals surface area (Å²) in [6, 6.07) is 5.88. The van der Waals surface area contributed by atoms with Crippen molar-refractivity contribution in [1.29, 1.82) is 0 Å². The first kappa shape index (κ1) is 13.4. The highest BCUT2D eigenvalue weighted by atomic mass is 32.1. The summed E-state index contributed by atoms with van der Waals surface area (Å²) in [5.41, 5.74) is 2.76. The molecule has 2 unspecified atom stereocenters. The summed E-state index contributed by atoms with van der Waals surface area (Å²) < 4.78 is 19.0. The zero-order valence-electron chi connectivity index (χ0n) is 11.8. The molecule has 0 radical (unpaired) electrons. The minimum atomic E-state index is -1.00. The van der Waals surface area contributed by atoms with E-state index in [-0.39, 0.29) is 5.91 Å². The number of imidazole rings is 1. The quantitative estimate of drug-likeness (QED) is 0.808. The molecule has 112 valence electrons. The normalized spacial score (nSPS) is 20.3. The molecule has 1 aliphatic rings. The van der Waals surface area contributed by atoms with Crippen LogP contribution < -0.4 is 5.32 Å². The number of aryl methyl sites for hydroxylation is 1. The molecule has 1 N–H and O–H groups in total.